The van der Waals surface area contributed by atoms with E-state index in [1.54, 1.807) is 9.91 Å². The summed E-state index contributed by atoms with van der Waals surface area (Å²) in [7, 11) is 1.46. The molecule has 2 heterocycles. The number of hydrazine groups is 1. The van der Waals surface area contributed by atoms with E-state index in [1.165, 1.54) is 12.8 Å². The van der Waals surface area contributed by atoms with E-state index < -0.39 is 0 Å². The highest BCUT2D eigenvalue weighted by molar-refractivity contribution is 5.93. The minimum Gasteiger partial charge on any atom is -0.469 e. The molecule has 2 aromatic carbocycles. The van der Waals surface area contributed by atoms with E-state index >= 15 is 0 Å². The molecule has 0 spiro atoms. The number of anilines is 2. The second kappa shape index (κ2) is 10.9. The predicted molar refractivity (Wildman–Crippen MR) is 134 cm³/mol. The van der Waals surface area contributed by atoms with E-state index in [2.05, 4.69) is 27.4 Å². The van der Waals surface area contributed by atoms with Crippen molar-refractivity contribution in [3.05, 3.63) is 60.2 Å². The van der Waals surface area contributed by atoms with Crippen LogP contribution in [0.2, 0.25) is 0 Å². The third-order valence-electron chi connectivity index (χ3n) is 6.67. The van der Waals surface area contributed by atoms with Crippen LogP contribution in [0.15, 0.2) is 54.6 Å². The van der Waals surface area contributed by atoms with E-state index in [0.29, 0.717) is 6.67 Å². The number of piperazine rings is 1. The molecule has 2 aliphatic rings. The first-order chi connectivity index (χ1) is 16.5. The Hall–Kier alpha value is -3.10. The van der Waals surface area contributed by atoms with E-state index in [1.807, 2.05) is 56.3 Å². The Bertz CT molecular complexity index is 958. The first kappa shape index (κ1) is 24.0. The summed E-state index contributed by atoms with van der Waals surface area (Å²) >= 11 is 0. The zero-order valence-electron chi connectivity index (χ0n) is 20.3. The third-order valence-corrected chi connectivity index (χ3v) is 6.67. The van der Waals surface area contributed by atoms with Crippen LogP contribution in [0.5, 0.6) is 0 Å². The molecule has 0 saturated carbocycles. The largest absolute Gasteiger partial charge is 0.469 e. The van der Waals surface area contributed by atoms with Gasteiger partial charge in [-0.3, -0.25) is 19.6 Å². The number of rotatable bonds is 8. The van der Waals surface area contributed by atoms with E-state index in [-0.39, 0.29) is 24.0 Å². The van der Waals surface area contributed by atoms with Crippen LogP contribution < -0.4 is 15.2 Å². The van der Waals surface area contributed by atoms with Gasteiger partial charge in [-0.1, -0.05) is 30.3 Å². The maximum absolute atomic E-state index is 12.6. The Morgan fingerprint density at radius 1 is 0.971 bits per heavy atom. The van der Waals surface area contributed by atoms with Crippen molar-refractivity contribution < 1.29 is 14.3 Å². The fourth-order valence-electron chi connectivity index (χ4n) is 4.65. The van der Waals surface area contributed by atoms with Gasteiger partial charge in [0.1, 0.15) is 0 Å². The number of hydrogen-bond donors (Lipinski definition) is 1. The molecule has 0 aliphatic carbocycles. The molecule has 0 radical (unpaired) electrons. The number of amides is 2. The molecule has 4 rings (SSSR count). The van der Waals surface area contributed by atoms with Gasteiger partial charge in [0, 0.05) is 43.6 Å². The summed E-state index contributed by atoms with van der Waals surface area (Å²) in [5.74, 6) is -0.403. The molecule has 2 aromatic rings. The Morgan fingerprint density at radius 2 is 1.62 bits per heavy atom. The first-order valence-electron chi connectivity index (χ1n) is 12.0. The molecule has 2 aliphatic heterocycles. The lowest BCUT2D eigenvalue weighted by Crippen LogP contribution is -2.47. The summed E-state index contributed by atoms with van der Waals surface area (Å²) in [5, 5.41) is 1.66. The molecule has 2 fully saturated rings. The van der Waals surface area contributed by atoms with Gasteiger partial charge in [0.2, 0.25) is 0 Å². The first-order valence-corrected chi connectivity index (χ1v) is 12.0. The number of carbonyl (C=O) groups excluding carboxylic acids is 2. The molecule has 2 saturated heterocycles. The van der Waals surface area contributed by atoms with Gasteiger partial charge in [0.15, 0.2) is 0 Å². The highest BCUT2D eigenvalue weighted by atomic mass is 16.5. The number of nitrogens with zero attached hydrogens (tertiary/aromatic N) is 4. The zero-order valence-corrected chi connectivity index (χ0v) is 20.3. The number of urea groups is 1. The lowest BCUT2D eigenvalue weighted by atomic mass is 9.95. The van der Waals surface area contributed by atoms with Gasteiger partial charge in [-0.05, 0) is 56.6 Å². The number of esters is 1. The van der Waals surface area contributed by atoms with Gasteiger partial charge in [-0.15, -0.1) is 0 Å². The SMILES string of the molecule is COC(=O)C(CCN1CCN(c2ccc(N3CNN(C(C)C)C3=O)cc2)CC1)c1ccccc1. The topological polar surface area (TPSA) is 68.4 Å². The molecule has 0 aromatic heterocycles. The van der Waals surface area contributed by atoms with Crippen LogP contribution in [0.4, 0.5) is 16.2 Å². The van der Waals surface area contributed by atoms with Crippen LogP contribution in [0, 0.1) is 0 Å². The Kier molecular flexibility index (Phi) is 7.70. The summed E-state index contributed by atoms with van der Waals surface area (Å²) in [6.07, 6.45) is 0.747. The highest BCUT2D eigenvalue weighted by Crippen LogP contribution is 2.25. The maximum atomic E-state index is 12.6. The van der Waals surface area contributed by atoms with Crippen molar-refractivity contribution in [3.8, 4) is 0 Å². The van der Waals surface area contributed by atoms with Crippen LogP contribution in [0.3, 0.4) is 0 Å². The number of methoxy groups -OCH3 is 1. The summed E-state index contributed by atoms with van der Waals surface area (Å²) < 4.78 is 5.06. The number of ether oxygens (including phenoxy) is 1. The van der Waals surface area contributed by atoms with Crippen molar-refractivity contribution in [3.63, 3.8) is 0 Å². The molecular weight excluding hydrogens is 430 g/mol. The lowest BCUT2D eigenvalue weighted by Gasteiger charge is -2.36. The van der Waals surface area contributed by atoms with Crippen LogP contribution in [-0.2, 0) is 9.53 Å². The lowest BCUT2D eigenvalue weighted by molar-refractivity contribution is -0.142. The van der Waals surface area contributed by atoms with Crippen molar-refractivity contribution in [1.82, 2.24) is 15.3 Å². The monoisotopic (exact) mass is 465 g/mol. The summed E-state index contributed by atoms with van der Waals surface area (Å²) in [5.41, 5.74) is 6.22. The van der Waals surface area contributed by atoms with Crippen molar-refractivity contribution in [2.24, 2.45) is 0 Å². The molecule has 8 heteroatoms. The normalized spacial score (nSPS) is 18.0. The quantitative estimate of drug-likeness (QED) is 0.604. The van der Waals surface area contributed by atoms with Crippen LogP contribution in [0.1, 0.15) is 31.7 Å². The van der Waals surface area contributed by atoms with Gasteiger partial charge in [0.05, 0.1) is 19.7 Å². The molecule has 8 nitrogen and oxygen atoms in total. The second-order valence-corrected chi connectivity index (χ2v) is 9.11. The summed E-state index contributed by atoms with van der Waals surface area (Å²) in [4.78, 5) is 31.5. The van der Waals surface area contributed by atoms with Gasteiger partial charge < -0.3 is 9.64 Å². The molecule has 34 heavy (non-hydrogen) atoms. The van der Waals surface area contributed by atoms with Crippen LogP contribution in [0.25, 0.3) is 0 Å². The second-order valence-electron chi connectivity index (χ2n) is 9.11. The molecule has 182 valence electrons. The maximum Gasteiger partial charge on any atom is 0.340 e. The summed E-state index contributed by atoms with van der Waals surface area (Å²) in [6, 6.07) is 18.2. The van der Waals surface area contributed by atoms with Gasteiger partial charge in [-0.25, -0.2) is 10.2 Å². The molecule has 1 unspecified atom stereocenters. The molecule has 0 bridgehead atoms. The van der Waals surface area contributed by atoms with Crippen LogP contribution >= 0.6 is 0 Å². The fraction of sp³-hybridized carbons (Fsp3) is 0.462. The Labute approximate surface area is 202 Å². The van der Waals surface area contributed by atoms with E-state index in [0.717, 1.165) is 50.4 Å². The zero-order chi connectivity index (χ0) is 24.1. The van der Waals surface area contributed by atoms with E-state index in [4.69, 9.17) is 4.74 Å². The number of nitrogens with one attached hydrogen (secondary N) is 1. The van der Waals surface area contributed by atoms with Crippen molar-refractivity contribution in [2.45, 2.75) is 32.2 Å². The Morgan fingerprint density at radius 3 is 2.21 bits per heavy atom. The number of benzene rings is 2. The van der Waals surface area contributed by atoms with Crippen molar-refractivity contribution >= 4 is 23.4 Å². The standard InChI is InChI=1S/C26H35N5O3/c1-20(2)31-26(33)30(19-27-31)23-11-9-22(10-12-23)29-17-15-28(16-18-29)14-13-24(25(32)34-3)21-7-5-4-6-8-21/h4-12,20,24,27H,13-19H2,1-3H3. The third kappa shape index (κ3) is 5.34. The smallest absolute Gasteiger partial charge is 0.340 e. The van der Waals surface area contributed by atoms with Gasteiger partial charge in [0.25, 0.3) is 0 Å². The minimum atomic E-state index is -0.230. The van der Waals surface area contributed by atoms with Gasteiger partial charge in [-0.2, -0.15) is 0 Å². The minimum absolute atomic E-state index is 0.0166. The average molecular weight is 466 g/mol. The van der Waals surface area contributed by atoms with Crippen molar-refractivity contribution in [1.29, 1.82) is 0 Å². The molecular formula is C26H35N5O3. The molecule has 1 N–H and O–H groups in total. The molecule has 2 amide bonds. The average Bonchev–Trinajstić information content (AvgIpc) is 3.26. The van der Waals surface area contributed by atoms with Crippen LogP contribution in [-0.4, -0.2) is 74.5 Å². The van der Waals surface area contributed by atoms with Gasteiger partial charge >= 0.3 is 12.0 Å². The highest BCUT2D eigenvalue weighted by Gasteiger charge is 2.31. The number of carbonyl (C=O) groups is 2. The fourth-order valence-corrected chi connectivity index (χ4v) is 4.65. The van der Waals surface area contributed by atoms with E-state index in [9.17, 15) is 9.59 Å². The molecule has 1 atom stereocenters. The Balaban J connectivity index is 1.29. The summed E-state index contributed by atoms with van der Waals surface area (Å²) in [6.45, 7) is 9.09. The predicted octanol–water partition coefficient (Wildman–Crippen LogP) is 3.27. The van der Waals surface area contributed by atoms with Crippen molar-refractivity contribution in [2.75, 3.05) is 56.3 Å². The number of hydrogen-bond acceptors (Lipinski definition) is 6.